The zero-order valence-corrected chi connectivity index (χ0v) is 10.1. The number of methoxy groups -OCH3 is 1. The molecule has 0 aromatic heterocycles. The predicted molar refractivity (Wildman–Crippen MR) is 63.2 cm³/mol. The molecule has 0 bridgehead atoms. The molecule has 1 rings (SSSR count). The van der Waals surface area contributed by atoms with Gasteiger partial charge < -0.3 is 9.47 Å². The van der Waals surface area contributed by atoms with Gasteiger partial charge in [-0.3, -0.25) is 9.59 Å². The fourth-order valence-corrected chi connectivity index (χ4v) is 1.37. The van der Waals surface area contributed by atoms with Crippen LogP contribution in [0.15, 0.2) is 24.3 Å². The van der Waals surface area contributed by atoms with Crippen LogP contribution in [0.5, 0.6) is 5.75 Å². The molecule has 0 saturated heterocycles. The van der Waals surface area contributed by atoms with E-state index >= 15 is 0 Å². The lowest BCUT2D eigenvalue weighted by Crippen LogP contribution is -2.12. The van der Waals surface area contributed by atoms with E-state index in [0.29, 0.717) is 17.9 Å². The Labute approximate surface area is 101 Å². The van der Waals surface area contributed by atoms with Gasteiger partial charge in [0.2, 0.25) is 0 Å². The zero-order chi connectivity index (χ0) is 12.7. The molecule has 0 radical (unpaired) electrons. The van der Waals surface area contributed by atoms with Crippen LogP contribution < -0.4 is 4.74 Å². The fraction of sp³-hybridized carbons (Fsp3) is 0.385. The average Bonchev–Trinajstić information content (AvgIpc) is 2.36. The van der Waals surface area contributed by atoms with Crippen LogP contribution in [0.1, 0.15) is 30.1 Å². The van der Waals surface area contributed by atoms with Gasteiger partial charge in [0.1, 0.15) is 12.2 Å². The van der Waals surface area contributed by atoms with E-state index in [-0.39, 0.29) is 12.2 Å². The van der Waals surface area contributed by atoms with Gasteiger partial charge in [-0.25, -0.2) is 0 Å². The van der Waals surface area contributed by atoms with Gasteiger partial charge in [0, 0.05) is 0 Å². The number of ether oxygens (including phenoxy) is 2. The van der Waals surface area contributed by atoms with Crippen LogP contribution >= 0.6 is 0 Å². The Balaban J connectivity index is 2.66. The maximum atomic E-state index is 11.8. The number of para-hydroxylation sites is 1. The van der Waals surface area contributed by atoms with Crippen LogP contribution in [0.3, 0.4) is 0 Å². The lowest BCUT2D eigenvalue weighted by atomic mass is 10.1. The maximum Gasteiger partial charge on any atom is 0.313 e. The summed E-state index contributed by atoms with van der Waals surface area (Å²) in [6.45, 7) is 2.24. The van der Waals surface area contributed by atoms with Gasteiger partial charge in [0.15, 0.2) is 5.78 Å². The standard InChI is InChI=1S/C13H16O4/c1-3-8-17-13(15)9-11(14)10-6-4-5-7-12(10)16-2/h4-7H,3,8-9H2,1-2H3. The van der Waals surface area contributed by atoms with E-state index < -0.39 is 5.97 Å². The van der Waals surface area contributed by atoms with Crippen molar-refractivity contribution in [2.75, 3.05) is 13.7 Å². The second kappa shape index (κ2) is 6.68. The van der Waals surface area contributed by atoms with Gasteiger partial charge in [0.05, 0.1) is 19.3 Å². The minimum atomic E-state index is -0.497. The number of ketones is 1. The number of hydrogen-bond donors (Lipinski definition) is 0. The molecule has 92 valence electrons. The molecule has 1 aromatic rings. The van der Waals surface area contributed by atoms with E-state index in [1.54, 1.807) is 24.3 Å². The summed E-state index contributed by atoms with van der Waals surface area (Å²) in [5.74, 6) is -0.313. The summed E-state index contributed by atoms with van der Waals surface area (Å²) in [4.78, 5) is 23.1. The fourth-order valence-electron chi connectivity index (χ4n) is 1.37. The third kappa shape index (κ3) is 3.90. The van der Waals surface area contributed by atoms with Crippen LogP contribution in [0.4, 0.5) is 0 Å². The third-order valence-corrected chi connectivity index (χ3v) is 2.18. The second-order valence-electron chi connectivity index (χ2n) is 3.52. The highest BCUT2D eigenvalue weighted by Gasteiger charge is 2.16. The highest BCUT2D eigenvalue weighted by atomic mass is 16.5. The lowest BCUT2D eigenvalue weighted by Gasteiger charge is -2.07. The second-order valence-corrected chi connectivity index (χ2v) is 3.52. The summed E-state index contributed by atoms with van der Waals surface area (Å²) in [5.41, 5.74) is 0.406. The Morgan fingerprint density at radius 3 is 2.59 bits per heavy atom. The summed E-state index contributed by atoms with van der Waals surface area (Å²) in [6, 6.07) is 6.82. The number of rotatable bonds is 6. The van der Waals surface area contributed by atoms with Crippen LogP contribution in [0.25, 0.3) is 0 Å². The minimum absolute atomic E-state index is 0.250. The molecule has 0 amide bonds. The first-order chi connectivity index (χ1) is 8.19. The van der Waals surface area contributed by atoms with Gasteiger partial charge in [-0.05, 0) is 18.6 Å². The molecule has 0 spiro atoms. The topological polar surface area (TPSA) is 52.6 Å². The van der Waals surface area contributed by atoms with Crippen LogP contribution in [-0.2, 0) is 9.53 Å². The minimum Gasteiger partial charge on any atom is -0.496 e. The van der Waals surface area contributed by atoms with Gasteiger partial charge in [-0.2, -0.15) is 0 Å². The van der Waals surface area contributed by atoms with Crippen LogP contribution in [-0.4, -0.2) is 25.5 Å². The van der Waals surface area contributed by atoms with Crippen LogP contribution in [0.2, 0.25) is 0 Å². The van der Waals surface area contributed by atoms with Crippen molar-refractivity contribution in [1.29, 1.82) is 0 Å². The number of carbonyl (C=O) groups excluding carboxylic acids is 2. The van der Waals surface area contributed by atoms with Gasteiger partial charge in [-0.1, -0.05) is 19.1 Å². The number of carbonyl (C=O) groups is 2. The molecular formula is C13H16O4. The Morgan fingerprint density at radius 2 is 1.94 bits per heavy atom. The zero-order valence-electron chi connectivity index (χ0n) is 10.1. The Kier molecular flexibility index (Phi) is 5.20. The Bertz CT molecular complexity index is 398. The van der Waals surface area contributed by atoms with Crippen molar-refractivity contribution in [1.82, 2.24) is 0 Å². The summed E-state index contributed by atoms with van der Waals surface area (Å²) in [6.07, 6.45) is 0.495. The number of esters is 1. The molecule has 4 nitrogen and oxygen atoms in total. The number of Topliss-reactive ketones (excluding diaryl/α,β-unsaturated/α-hetero) is 1. The monoisotopic (exact) mass is 236 g/mol. The molecule has 1 aromatic carbocycles. The molecule has 0 N–H and O–H groups in total. The number of hydrogen-bond acceptors (Lipinski definition) is 4. The van der Waals surface area contributed by atoms with Crippen molar-refractivity contribution in [2.45, 2.75) is 19.8 Å². The molecule has 0 aliphatic heterocycles. The molecule has 0 fully saturated rings. The average molecular weight is 236 g/mol. The maximum absolute atomic E-state index is 11.8. The molecule has 17 heavy (non-hydrogen) atoms. The molecule has 0 atom stereocenters. The number of benzene rings is 1. The van der Waals surface area contributed by atoms with Crippen molar-refractivity contribution in [2.24, 2.45) is 0 Å². The van der Waals surface area contributed by atoms with Crippen molar-refractivity contribution >= 4 is 11.8 Å². The van der Waals surface area contributed by atoms with Gasteiger partial charge >= 0.3 is 5.97 Å². The normalized spacial score (nSPS) is 9.76. The highest BCUT2D eigenvalue weighted by molar-refractivity contribution is 6.07. The smallest absolute Gasteiger partial charge is 0.313 e. The SMILES string of the molecule is CCCOC(=O)CC(=O)c1ccccc1OC. The molecule has 4 heteroatoms. The van der Waals surface area contributed by atoms with E-state index in [1.165, 1.54) is 7.11 Å². The first-order valence-corrected chi connectivity index (χ1v) is 5.50. The first kappa shape index (κ1) is 13.2. The Hall–Kier alpha value is -1.84. The van der Waals surface area contributed by atoms with E-state index in [2.05, 4.69) is 0 Å². The van der Waals surface area contributed by atoms with E-state index in [1.807, 2.05) is 6.92 Å². The predicted octanol–water partition coefficient (Wildman–Crippen LogP) is 2.22. The largest absolute Gasteiger partial charge is 0.496 e. The lowest BCUT2D eigenvalue weighted by molar-refractivity contribution is -0.142. The molecular weight excluding hydrogens is 220 g/mol. The van der Waals surface area contributed by atoms with Crippen LogP contribution in [0, 0.1) is 0 Å². The summed E-state index contributed by atoms with van der Waals surface area (Å²) in [7, 11) is 1.49. The summed E-state index contributed by atoms with van der Waals surface area (Å²) >= 11 is 0. The summed E-state index contributed by atoms with van der Waals surface area (Å²) < 4.78 is 9.91. The van der Waals surface area contributed by atoms with E-state index in [4.69, 9.17) is 9.47 Å². The molecule has 0 heterocycles. The highest BCUT2D eigenvalue weighted by Crippen LogP contribution is 2.19. The van der Waals surface area contributed by atoms with E-state index in [0.717, 1.165) is 6.42 Å². The van der Waals surface area contributed by atoms with Crippen molar-refractivity contribution < 1.29 is 19.1 Å². The van der Waals surface area contributed by atoms with Crippen molar-refractivity contribution in [3.8, 4) is 5.75 Å². The quantitative estimate of drug-likeness (QED) is 0.431. The molecule has 0 unspecified atom stereocenters. The summed E-state index contributed by atoms with van der Waals surface area (Å²) in [5, 5.41) is 0. The van der Waals surface area contributed by atoms with Crippen molar-refractivity contribution in [3.05, 3.63) is 29.8 Å². The molecule has 0 aliphatic rings. The van der Waals surface area contributed by atoms with Gasteiger partial charge in [0.25, 0.3) is 0 Å². The Morgan fingerprint density at radius 1 is 1.24 bits per heavy atom. The molecule has 0 saturated carbocycles. The first-order valence-electron chi connectivity index (χ1n) is 5.50. The molecule has 0 aliphatic carbocycles. The van der Waals surface area contributed by atoms with Gasteiger partial charge in [-0.15, -0.1) is 0 Å². The van der Waals surface area contributed by atoms with Crippen molar-refractivity contribution in [3.63, 3.8) is 0 Å². The third-order valence-electron chi connectivity index (χ3n) is 2.18. The van der Waals surface area contributed by atoms with E-state index in [9.17, 15) is 9.59 Å².